The van der Waals surface area contributed by atoms with E-state index in [0.29, 0.717) is 5.89 Å². The van der Waals surface area contributed by atoms with Crippen molar-refractivity contribution in [1.29, 1.82) is 0 Å². The topological polar surface area (TPSA) is 35.3 Å². The summed E-state index contributed by atoms with van der Waals surface area (Å²) < 4.78 is 13.4. The van der Waals surface area contributed by atoms with Crippen molar-refractivity contribution < 1.29 is 9.15 Å². The van der Waals surface area contributed by atoms with Gasteiger partial charge in [-0.1, -0.05) is 115 Å². The number of rotatable bonds is 2. The molecule has 0 saturated carbocycles. The molecule has 3 heteroatoms. The lowest BCUT2D eigenvalue weighted by molar-refractivity contribution is 0.278. The van der Waals surface area contributed by atoms with Gasteiger partial charge in [-0.2, -0.15) is 0 Å². The molecule has 1 aromatic heterocycles. The summed E-state index contributed by atoms with van der Waals surface area (Å²) >= 11 is 0. The predicted molar refractivity (Wildman–Crippen MR) is 187 cm³/mol. The molecule has 7 aromatic carbocycles. The zero-order valence-electron chi connectivity index (χ0n) is 24.7. The molecule has 46 heavy (non-hydrogen) atoms. The molecule has 0 N–H and O–H groups in total. The second kappa shape index (κ2) is 8.83. The van der Waals surface area contributed by atoms with Crippen molar-refractivity contribution in [3.63, 3.8) is 0 Å². The van der Waals surface area contributed by atoms with Crippen molar-refractivity contribution >= 4 is 49.0 Å². The van der Waals surface area contributed by atoms with Crippen LogP contribution >= 0.6 is 0 Å². The van der Waals surface area contributed by atoms with Crippen LogP contribution in [0, 0.1) is 0 Å². The van der Waals surface area contributed by atoms with Crippen molar-refractivity contribution in [2.75, 3.05) is 0 Å². The number of nitrogens with zero attached hydrogens (tertiary/aromatic N) is 1. The highest BCUT2D eigenvalue weighted by molar-refractivity contribution is 6.18. The van der Waals surface area contributed by atoms with Gasteiger partial charge in [-0.05, 0) is 79.0 Å². The number of fused-ring (bicyclic) bond motifs is 12. The first kappa shape index (κ1) is 24.4. The summed E-state index contributed by atoms with van der Waals surface area (Å²) in [4.78, 5) is 4.91. The highest BCUT2D eigenvalue weighted by atomic mass is 16.5. The third-order valence-electron chi connectivity index (χ3n) is 10.2. The lowest BCUT2D eigenvalue weighted by Gasteiger charge is -2.23. The molecule has 2 atom stereocenters. The molecule has 8 aromatic rings. The Labute approximate surface area is 264 Å². The molecule has 0 spiro atoms. The van der Waals surface area contributed by atoms with Gasteiger partial charge in [0.2, 0.25) is 5.89 Å². The zero-order valence-corrected chi connectivity index (χ0v) is 24.7. The zero-order chi connectivity index (χ0) is 29.9. The highest BCUT2D eigenvalue weighted by Crippen LogP contribution is 2.55. The lowest BCUT2D eigenvalue weighted by Crippen LogP contribution is -2.21. The molecule has 11 rings (SSSR count). The van der Waals surface area contributed by atoms with Gasteiger partial charge in [0.15, 0.2) is 5.58 Å². The van der Waals surface area contributed by atoms with E-state index >= 15 is 0 Å². The smallest absolute Gasteiger partial charge is 0.227 e. The maximum absolute atomic E-state index is 6.85. The van der Waals surface area contributed by atoms with Crippen LogP contribution in [0.3, 0.4) is 0 Å². The predicted octanol–water partition coefficient (Wildman–Crippen LogP) is 11.1. The minimum absolute atomic E-state index is 0.0772. The number of allylic oxidation sites excluding steroid dienone is 2. The molecular formula is C43H25NO2. The average Bonchev–Trinajstić information content (AvgIpc) is 3.81. The van der Waals surface area contributed by atoms with E-state index < -0.39 is 0 Å². The van der Waals surface area contributed by atoms with Crippen LogP contribution in [0.15, 0.2) is 144 Å². The van der Waals surface area contributed by atoms with Gasteiger partial charge < -0.3 is 9.15 Å². The van der Waals surface area contributed by atoms with Crippen LogP contribution < -0.4 is 4.74 Å². The van der Waals surface area contributed by atoms with Gasteiger partial charge >= 0.3 is 0 Å². The molecule has 3 nitrogen and oxygen atoms in total. The summed E-state index contributed by atoms with van der Waals surface area (Å²) in [7, 11) is 0. The third-order valence-corrected chi connectivity index (χ3v) is 10.2. The average molecular weight is 588 g/mol. The normalized spacial score (nSPS) is 17.3. The van der Waals surface area contributed by atoms with Crippen molar-refractivity contribution in [3.05, 3.63) is 151 Å². The molecule has 0 amide bonds. The second-order valence-electron chi connectivity index (χ2n) is 12.6. The highest BCUT2D eigenvalue weighted by Gasteiger charge is 2.40. The Kier molecular flexibility index (Phi) is 4.68. The van der Waals surface area contributed by atoms with Crippen LogP contribution in [0.1, 0.15) is 17.0 Å². The first-order chi connectivity index (χ1) is 22.8. The Morgan fingerprint density at radius 3 is 2.24 bits per heavy atom. The van der Waals surface area contributed by atoms with E-state index in [2.05, 4.69) is 140 Å². The van der Waals surface area contributed by atoms with Gasteiger partial charge in [0.1, 0.15) is 17.4 Å². The van der Waals surface area contributed by atoms with Crippen LogP contribution in [-0.4, -0.2) is 11.1 Å². The maximum atomic E-state index is 6.85. The first-order valence-corrected chi connectivity index (χ1v) is 15.9. The molecule has 0 fully saturated rings. The molecule has 214 valence electrons. The molecule has 2 aliphatic carbocycles. The van der Waals surface area contributed by atoms with Crippen molar-refractivity contribution in [1.82, 2.24) is 4.98 Å². The van der Waals surface area contributed by atoms with E-state index in [1.165, 1.54) is 54.9 Å². The lowest BCUT2D eigenvalue weighted by atomic mass is 9.82. The summed E-state index contributed by atoms with van der Waals surface area (Å²) in [6.07, 6.45) is 6.62. The minimum atomic E-state index is -0.0772. The fourth-order valence-electron chi connectivity index (χ4n) is 8.16. The van der Waals surface area contributed by atoms with E-state index in [1.807, 2.05) is 0 Å². The van der Waals surface area contributed by atoms with Crippen molar-refractivity contribution in [2.45, 2.75) is 12.0 Å². The Balaban J connectivity index is 0.971. The number of oxazole rings is 1. The minimum Gasteiger partial charge on any atom is -0.484 e. The van der Waals surface area contributed by atoms with Gasteiger partial charge in [0.25, 0.3) is 0 Å². The van der Waals surface area contributed by atoms with Crippen molar-refractivity contribution in [2.24, 2.45) is 0 Å². The number of aromatic nitrogens is 1. The monoisotopic (exact) mass is 587 g/mol. The quantitative estimate of drug-likeness (QED) is 0.189. The van der Waals surface area contributed by atoms with Crippen LogP contribution in [-0.2, 0) is 0 Å². The summed E-state index contributed by atoms with van der Waals surface area (Å²) in [6.45, 7) is 0. The number of ether oxygens (including phenoxy) is 1. The van der Waals surface area contributed by atoms with E-state index in [0.717, 1.165) is 38.7 Å². The van der Waals surface area contributed by atoms with Gasteiger partial charge in [-0.25, -0.2) is 4.98 Å². The molecule has 0 saturated heterocycles. The number of hydrogen-bond donors (Lipinski definition) is 0. The SMILES string of the molecule is C1=CC2c3c(cc4c5c(cccc35)-c3ccccc3-4)OC2C(c2ccc(-c3nc4ccc5ccc6ccccc6c5c4o3)cc2)=C1. The van der Waals surface area contributed by atoms with Crippen LogP contribution in [0.4, 0.5) is 0 Å². The maximum Gasteiger partial charge on any atom is 0.227 e. The Hall–Kier alpha value is -5.93. The number of hydrogen-bond acceptors (Lipinski definition) is 3. The van der Waals surface area contributed by atoms with Crippen molar-refractivity contribution in [3.8, 4) is 39.5 Å². The second-order valence-corrected chi connectivity index (χ2v) is 12.6. The van der Waals surface area contributed by atoms with Crippen LogP contribution in [0.25, 0.3) is 82.7 Å². The van der Waals surface area contributed by atoms with E-state index in [4.69, 9.17) is 14.1 Å². The van der Waals surface area contributed by atoms with E-state index in [1.54, 1.807) is 0 Å². The molecule has 0 bridgehead atoms. The largest absolute Gasteiger partial charge is 0.484 e. The summed E-state index contributed by atoms with van der Waals surface area (Å²) in [5.74, 6) is 1.78. The van der Waals surface area contributed by atoms with Gasteiger partial charge in [-0.3, -0.25) is 0 Å². The first-order valence-electron chi connectivity index (χ1n) is 15.9. The Bertz CT molecular complexity index is 2670. The molecule has 1 aliphatic heterocycles. The summed E-state index contributed by atoms with van der Waals surface area (Å²) in [5, 5.41) is 7.28. The molecule has 0 radical (unpaired) electrons. The van der Waals surface area contributed by atoms with Gasteiger partial charge in [0.05, 0.1) is 0 Å². The summed E-state index contributed by atoms with van der Waals surface area (Å²) in [6, 6.07) is 43.2. The summed E-state index contributed by atoms with van der Waals surface area (Å²) in [5.41, 5.74) is 11.5. The third kappa shape index (κ3) is 3.19. The fraction of sp³-hybridized carbons (Fsp3) is 0.0465. The van der Waals surface area contributed by atoms with E-state index in [-0.39, 0.29) is 12.0 Å². The molecule has 2 heterocycles. The number of benzene rings is 7. The molecule has 2 unspecified atom stereocenters. The van der Waals surface area contributed by atoms with Gasteiger partial charge in [-0.15, -0.1) is 0 Å². The van der Waals surface area contributed by atoms with Crippen LogP contribution in [0.5, 0.6) is 5.75 Å². The molecular weight excluding hydrogens is 562 g/mol. The standard InChI is InChI=1S/C43H25NO2/c1-2-8-28-24(7-1)15-18-26-21-22-36-42(38(26)28)46-43(44-36)27-19-16-25(17-20-27)29-11-5-14-34-40-33-13-6-12-32-30-9-3-4-10-31(30)35(39(32)33)23-37(40)45-41(29)34/h1-23,34,41H. The van der Waals surface area contributed by atoms with Crippen LogP contribution in [0.2, 0.25) is 0 Å². The molecule has 3 aliphatic rings. The van der Waals surface area contributed by atoms with Gasteiger partial charge in [0, 0.05) is 28.0 Å². The Morgan fingerprint density at radius 1 is 0.587 bits per heavy atom. The van der Waals surface area contributed by atoms with E-state index in [9.17, 15) is 0 Å². The fourth-order valence-corrected chi connectivity index (χ4v) is 8.16. The Morgan fingerprint density at radius 2 is 1.33 bits per heavy atom.